The summed E-state index contributed by atoms with van der Waals surface area (Å²) >= 11 is 1.67. The van der Waals surface area contributed by atoms with Crippen molar-refractivity contribution in [3.8, 4) is 11.8 Å². The SMILES string of the molecule is COCO[C@H](C#C[C@@H](Sc1ccccc1)[C@@H]1OC(C)(C)O[C@H]1COCc1ccccc1)CCO[Si](c1ccccc1)(c1ccccc1)C(C)(C)C. The second kappa shape index (κ2) is 18.5. The summed E-state index contributed by atoms with van der Waals surface area (Å²) in [4.78, 5) is 1.10. The Labute approximate surface area is 310 Å². The number of ether oxygens (including phenoxy) is 5. The van der Waals surface area contributed by atoms with Crippen molar-refractivity contribution in [2.24, 2.45) is 0 Å². The van der Waals surface area contributed by atoms with E-state index in [1.165, 1.54) is 10.4 Å². The molecule has 4 atom stereocenters. The summed E-state index contributed by atoms with van der Waals surface area (Å²) < 4.78 is 37.9. The zero-order valence-corrected chi connectivity index (χ0v) is 32.6. The van der Waals surface area contributed by atoms with E-state index in [0.717, 1.165) is 10.5 Å². The number of hydrogen-bond donors (Lipinski definition) is 0. The second-order valence-corrected chi connectivity index (χ2v) is 19.7. The predicted molar refractivity (Wildman–Crippen MR) is 209 cm³/mol. The Balaban J connectivity index is 1.39. The highest BCUT2D eigenvalue weighted by Crippen LogP contribution is 2.38. The molecule has 51 heavy (non-hydrogen) atoms. The van der Waals surface area contributed by atoms with Crippen LogP contribution in [0.1, 0.15) is 46.6 Å². The number of benzene rings is 4. The van der Waals surface area contributed by atoms with Crippen molar-refractivity contribution in [1.82, 2.24) is 0 Å². The molecule has 1 heterocycles. The van der Waals surface area contributed by atoms with Gasteiger partial charge in [-0.3, -0.25) is 0 Å². The molecule has 0 bridgehead atoms. The normalized spacial score (nSPS) is 18.5. The highest BCUT2D eigenvalue weighted by molar-refractivity contribution is 8.00. The maximum absolute atomic E-state index is 7.19. The van der Waals surface area contributed by atoms with Gasteiger partial charge in [-0.1, -0.05) is 142 Å². The molecule has 1 aliphatic rings. The van der Waals surface area contributed by atoms with E-state index in [9.17, 15) is 0 Å². The van der Waals surface area contributed by atoms with Crippen LogP contribution in [0.4, 0.5) is 0 Å². The molecule has 4 aromatic carbocycles. The second-order valence-electron chi connectivity index (χ2n) is 14.1. The molecular weight excluding hydrogens is 673 g/mol. The van der Waals surface area contributed by atoms with Crippen LogP contribution in [0.2, 0.25) is 5.04 Å². The number of thioether (sulfide) groups is 1. The average molecular weight is 725 g/mol. The van der Waals surface area contributed by atoms with Gasteiger partial charge in [-0.05, 0) is 47.0 Å². The highest BCUT2D eigenvalue weighted by atomic mass is 32.2. The zero-order valence-electron chi connectivity index (χ0n) is 30.7. The summed E-state index contributed by atoms with van der Waals surface area (Å²) in [6, 6.07) is 41.8. The molecule has 0 radical (unpaired) electrons. The highest BCUT2D eigenvalue weighted by Gasteiger charge is 2.50. The first kappa shape index (κ1) is 39.0. The number of hydrogen-bond acceptors (Lipinski definition) is 7. The molecule has 5 rings (SSSR count). The molecule has 8 heteroatoms. The molecule has 0 amide bonds. The first-order valence-corrected chi connectivity index (χ1v) is 20.5. The van der Waals surface area contributed by atoms with Gasteiger partial charge in [0.15, 0.2) is 5.79 Å². The lowest BCUT2D eigenvalue weighted by atomic mass is 10.1. The summed E-state index contributed by atoms with van der Waals surface area (Å²) in [5, 5.41) is 2.09. The summed E-state index contributed by atoms with van der Waals surface area (Å²) in [5.41, 5.74) is 1.11. The van der Waals surface area contributed by atoms with Crippen molar-refractivity contribution in [2.75, 3.05) is 27.1 Å². The van der Waals surface area contributed by atoms with Gasteiger partial charge < -0.3 is 28.1 Å². The first-order chi connectivity index (χ1) is 24.6. The molecule has 1 saturated heterocycles. The van der Waals surface area contributed by atoms with Crippen molar-refractivity contribution in [3.63, 3.8) is 0 Å². The minimum Gasteiger partial charge on any atom is -0.407 e. The Morgan fingerprint density at radius 1 is 0.784 bits per heavy atom. The summed E-state index contributed by atoms with van der Waals surface area (Å²) in [6.07, 6.45) is -0.508. The Morgan fingerprint density at radius 2 is 1.35 bits per heavy atom. The molecule has 0 aromatic heterocycles. The molecule has 0 unspecified atom stereocenters. The van der Waals surface area contributed by atoms with Gasteiger partial charge in [0, 0.05) is 25.0 Å². The van der Waals surface area contributed by atoms with Gasteiger partial charge in [-0.15, -0.1) is 11.8 Å². The Morgan fingerprint density at radius 3 is 1.92 bits per heavy atom. The predicted octanol–water partition coefficient (Wildman–Crippen LogP) is 7.84. The van der Waals surface area contributed by atoms with E-state index in [1.54, 1.807) is 18.9 Å². The third-order valence-electron chi connectivity index (χ3n) is 8.81. The van der Waals surface area contributed by atoms with Crippen LogP contribution < -0.4 is 10.4 Å². The van der Waals surface area contributed by atoms with E-state index in [-0.39, 0.29) is 29.3 Å². The maximum atomic E-state index is 7.19. The Kier molecular flexibility index (Phi) is 14.1. The van der Waals surface area contributed by atoms with Crippen LogP contribution in [-0.2, 0) is 34.7 Å². The van der Waals surface area contributed by atoms with E-state index >= 15 is 0 Å². The van der Waals surface area contributed by atoms with Crippen molar-refractivity contribution in [1.29, 1.82) is 0 Å². The van der Waals surface area contributed by atoms with Crippen LogP contribution in [0.25, 0.3) is 0 Å². The Bertz CT molecular complexity index is 1610. The lowest BCUT2D eigenvalue weighted by Gasteiger charge is -2.43. The summed E-state index contributed by atoms with van der Waals surface area (Å²) in [7, 11) is -1.09. The fourth-order valence-corrected chi connectivity index (χ4v) is 12.2. The summed E-state index contributed by atoms with van der Waals surface area (Å²) in [5.74, 6) is 6.26. The lowest BCUT2D eigenvalue weighted by Crippen LogP contribution is -2.66. The van der Waals surface area contributed by atoms with E-state index in [1.807, 2.05) is 50.2 Å². The van der Waals surface area contributed by atoms with Gasteiger partial charge in [0.2, 0.25) is 0 Å². The quantitative estimate of drug-likeness (QED) is 0.0505. The fraction of sp³-hybridized carbons (Fsp3) is 0.395. The van der Waals surface area contributed by atoms with Gasteiger partial charge in [-0.2, -0.15) is 0 Å². The Hall–Kier alpha value is -3.23. The first-order valence-electron chi connectivity index (χ1n) is 17.7. The van der Waals surface area contributed by atoms with Crippen LogP contribution in [-0.4, -0.2) is 64.8 Å². The fourth-order valence-electron chi connectivity index (χ4n) is 6.54. The number of methoxy groups -OCH3 is 1. The lowest BCUT2D eigenvalue weighted by molar-refractivity contribution is -0.150. The molecule has 1 fully saturated rings. The minimum atomic E-state index is -2.72. The van der Waals surface area contributed by atoms with Crippen molar-refractivity contribution < 1.29 is 28.1 Å². The van der Waals surface area contributed by atoms with Crippen LogP contribution in [0, 0.1) is 11.8 Å². The van der Waals surface area contributed by atoms with Crippen molar-refractivity contribution in [3.05, 3.63) is 127 Å². The smallest absolute Gasteiger partial charge is 0.261 e. The van der Waals surface area contributed by atoms with Gasteiger partial charge in [0.25, 0.3) is 8.32 Å². The standard InChI is InChI=1S/C43H52O6SSi/c1-42(2,3)51(37-23-15-9-16-24-37,38-25-17-10-18-26-38)47-30-29-35(46-33-44-6)27-28-40(50-36-21-13-8-14-22-36)41-39(48-43(4,5)49-41)32-45-31-34-19-11-7-12-20-34/h7-26,35,39-41H,29-33H2,1-6H3/t35-,39+,40-,41-/m1/s1. The van der Waals surface area contributed by atoms with E-state index in [4.69, 9.17) is 28.1 Å². The largest absolute Gasteiger partial charge is 0.407 e. The molecule has 0 saturated carbocycles. The minimum absolute atomic E-state index is 0.126. The molecule has 6 nitrogen and oxygen atoms in total. The van der Waals surface area contributed by atoms with E-state index in [2.05, 4.69) is 118 Å². The average Bonchev–Trinajstić information content (AvgIpc) is 3.45. The molecular formula is C43H52O6SSi. The van der Waals surface area contributed by atoms with Crippen LogP contribution in [0.15, 0.2) is 126 Å². The maximum Gasteiger partial charge on any atom is 0.261 e. The van der Waals surface area contributed by atoms with Crippen LogP contribution >= 0.6 is 11.8 Å². The monoisotopic (exact) mass is 724 g/mol. The molecule has 0 N–H and O–H groups in total. The molecule has 4 aromatic rings. The molecule has 1 aliphatic heterocycles. The number of rotatable bonds is 16. The van der Waals surface area contributed by atoms with Crippen LogP contribution in [0.3, 0.4) is 0 Å². The van der Waals surface area contributed by atoms with E-state index < -0.39 is 20.2 Å². The topological polar surface area (TPSA) is 55.4 Å². The van der Waals surface area contributed by atoms with Gasteiger partial charge in [0.1, 0.15) is 25.1 Å². The molecule has 270 valence electrons. The van der Waals surface area contributed by atoms with Crippen molar-refractivity contribution in [2.45, 2.75) is 86.9 Å². The summed E-state index contributed by atoms with van der Waals surface area (Å²) in [6.45, 7) is 12.2. The zero-order chi connectivity index (χ0) is 36.2. The third kappa shape index (κ3) is 10.7. The third-order valence-corrected chi connectivity index (χ3v) is 15.0. The molecule has 0 spiro atoms. The molecule has 0 aliphatic carbocycles. The van der Waals surface area contributed by atoms with Gasteiger partial charge >= 0.3 is 0 Å². The van der Waals surface area contributed by atoms with Crippen LogP contribution in [0.5, 0.6) is 0 Å². The van der Waals surface area contributed by atoms with E-state index in [0.29, 0.717) is 26.2 Å². The van der Waals surface area contributed by atoms with Gasteiger partial charge in [0.05, 0.1) is 18.5 Å². The van der Waals surface area contributed by atoms with Gasteiger partial charge in [-0.25, -0.2) is 0 Å². The van der Waals surface area contributed by atoms with Crippen molar-refractivity contribution >= 4 is 30.5 Å².